The van der Waals surface area contributed by atoms with Crippen molar-refractivity contribution in [3.05, 3.63) is 0 Å². The molecule has 8 heteroatoms. The maximum absolute atomic E-state index is 12.0. The molecule has 1 saturated heterocycles. The van der Waals surface area contributed by atoms with Crippen molar-refractivity contribution in [3.63, 3.8) is 0 Å². The summed E-state index contributed by atoms with van der Waals surface area (Å²) in [5.41, 5.74) is -0.275. The summed E-state index contributed by atoms with van der Waals surface area (Å²) in [5.74, 6) is 0.109. The van der Waals surface area contributed by atoms with Crippen LogP contribution in [0.3, 0.4) is 0 Å². The van der Waals surface area contributed by atoms with Gasteiger partial charge in [-0.05, 0) is 39.5 Å². The van der Waals surface area contributed by atoms with Gasteiger partial charge in [-0.15, -0.1) is 0 Å². The van der Waals surface area contributed by atoms with Crippen molar-refractivity contribution in [2.75, 3.05) is 19.6 Å². The first-order valence-corrected chi connectivity index (χ1v) is 7.96. The summed E-state index contributed by atoms with van der Waals surface area (Å²) in [4.78, 5) is 13.7. The van der Waals surface area contributed by atoms with Gasteiger partial charge in [0.2, 0.25) is 0 Å². The fourth-order valence-electron chi connectivity index (χ4n) is 2.05. The van der Waals surface area contributed by atoms with Crippen molar-refractivity contribution in [2.24, 2.45) is 11.1 Å². The average Bonchev–Trinajstić information content (AvgIpc) is 2.23. The van der Waals surface area contributed by atoms with Crippen LogP contribution in [0.1, 0.15) is 33.6 Å². The van der Waals surface area contributed by atoms with E-state index < -0.39 is 10.2 Å². The van der Waals surface area contributed by atoms with E-state index in [1.807, 2.05) is 20.8 Å². The molecule has 0 aromatic heterocycles. The van der Waals surface area contributed by atoms with Crippen molar-refractivity contribution in [2.45, 2.75) is 39.2 Å². The number of nitrogens with zero attached hydrogens (tertiary/aromatic N) is 1. The van der Waals surface area contributed by atoms with Crippen molar-refractivity contribution in [1.82, 2.24) is 14.9 Å². The fourth-order valence-corrected chi connectivity index (χ4v) is 2.52. The van der Waals surface area contributed by atoms with E-state index >= 15 is 0 Å². The van der Waals surface area contributed by atoms with Gasteiger partial charge in [-0.2, -0.15) is 8.42 Å². The zero-order valence-electron chi connectivity index (χ0n) is 11.8. The third-order valence-corrected chi connectivity index (χ3v) is 3.43. The van der Waals surface area contributed by atoms with Crippen LogP contribution in [0, 0.1) is 5.92 Å². The lowest BCUT2D eigenvalue weighted by atomic mass is 9.98. The van der Waals surface area contributed by atoms with Gasteiger partial charge in [-0.3, -0.25) is 0 Å². The van der Waals surface area contributed by atoms with Gasteiger partial charge in [0.05, 0.1) is 0 Å². The number of rotatable bonds is 3. The molecule has 4 N–H and O–H groups in total. The normalized spacial score (nSPS) is 21.3. The first-order valence-electron chi connectivity index (χ1n) is 6.41. The molecule has 1 fully saturated rings. The Hall–Kier alpha value is -0.860. The topological polar surface area (TPSA) is 105 Å². The van der Waals surface area contributed by atoms with E-state index in [0.717, 1.165) is 12.8 Å². The molecule has 0 aliphatic carbocycles. The number of nitrogens with one attached hydrogen (secondary N) is 2. The molecule has 0 spiro atoms. The van der Waals surface area contributed by atoms with Gasteiger partial charge in [0.1, 0.15) is 0 Å². The summed E-state index contributed by atoms with van der Waals surface area (Å²) in [6, 6.07) is -0.104. The van der Waals surface area contributed by atoms with E-state index in [1.54, 1.807) is 4.90 Å². The Balaban J connectivity index is 2.48. The van der Waals surface area contributed by atoms with E-state index in [-0.39, 0.29) is 24.0 Å². The van der Waals surface area contributed by atoms with Crippen molar-refractivity contribution in [1.29, 1.82) is 0 Å². The summed E-state index contributed by atoms with van der Waals surface area (Å²) < 4.78 is 24.0. The molecule has 1 aliphatic heterocycles. The summed E-state index contributed by atoms with van der Waals surface area (Å²) in [5, 5.41) is 7.80. The number of hydrogen-bond donors (Lipinski definition) is 3. The molecule has 1 aliphatic rings. The minimum atomic E-state index is -3.66. The van der Waals surface area contributed by atoms with Crippen LogP contribution in [-0.4, -0.2) is 44.5 Å². The van der Waals surface area contributed by atoms with Crippen LogP contribution in [0.25, 0.3) is 0 Å². The van der Waals surface area contributed by atoms with E-state index in [2.05, 4.69) is 10.0 Å². The van der Waals surface area contributed by atoms with Gasteiger partial charge in [-0.25, -0.2) is 14.7 Å². The van der Waals surface area contributed by atoms with Crippen LogP contribution in [0.5, 0.6) is 0 Å². The molecule has 19 heavy (non-hydrogen) atoms. The van der Waals surface area contributed by atoms with E-state index in [4.69, 9.17) is 5.14 Å². The highest BCUT2D eigenvalue weighted by molar-refractivity contribution is 7.87. The third-order valence-electron chi connectivity index (χ3n) is 2.86. The van der Waals surface area contributed by atoms with Gasteiger partial charge in [-0.1, -0.05) is 0 Å². The Bertz CT molecular complexity index is 416. The summed E-state index contributed by atoms with van der Waals surface area (Å²) in [6.07, 6.45) is 1.76. The molecule has 112 valence electrons. The average molecular weight is 292 g/mol. The molecule has 0 aromatic carbocycles. The quantitative estimate of drug-likeness (QED) is 0.682. The predicted octanol–water partition coefficient (Wildman–Crippen LogP) is -0.000400. The number of carbonyl (C=O) groups is 1. The molecule has 1 heterocycles. The van der Waals surface area contributed by atoms with Crippen molar-refractivity contribution >= 4 is 16.2 Å². The molecule has 0 aromatic rings. The highest BCUT2D eigenvalue weighted by atomic mass is 32.2. The summed E-state index contributed by atoms with van der Waals surface area (Å²) >= 11 is 0. The van der Waals surface area contributed by atoms with Gasteiger partial charge >= 0.3 is 6.03 Å². The Morgan fingerprint density at radius 2 is 2.05 bits per heavy atom. The van der Waals surface area contributed by atoms with Crippen molar-refractivity contribution in [3.8, 4) is 0 Å². The Morgan fingerprint density at radius 3 is 2.58 bits per heavy atom. The van der Waals surface area contributed by atoms with Crippen molar-refractivity contribution < 1.29 is 13.2 Å². The maximum atomic E-state index is 12.0. The number of nitrogens with two attached hydrogens (primary N) is 1. The molecule has 1 atom stereocenters. The van der Waals surface area contributed by atoms with Gasteiger partial charge in [0.15, 0.2) is 0 Å². The largest absolute Gasteiger partial charge is 0.333 e. The second-order valence-electron chi connectivity index (χ2n) is 6.03. The zero-order chi connectivity index (χ0) is 14.7. The first kappa shape index (κ1) is 16.2. The lowest BCUT2D eigenvalue weighted by Gasteiger charge is -2.34. The predicted molar refractivity (Wildman–Crippen MR) is 73.7 cm³/mol. The summed E-state index contributed by atoms with van der Waals surface area (Å²) in [7, 11) is -3.66. The molecule has 0 saturated carbocycles. The summed E-state index contributed by atoms with van der Waals surface area (Å²) in [6.45, 7) is 7.30. The van der Waals surface area contributed by atoms with Crippen LogP contribution in [0.2, 0.25) is 0 Å². The molecule has 0 bridgehead atoms. The van der Waals surface area contributed by atoms with Crippen LogP contribution < -0.4 is 15.2 Å². The highest BCUT2D eigenvalue weighted by Crippen LogP contribution is 2.16. The number of hydrogen-bond acceptors (Lipinski definition) is 3. The number of urea groups is 1. The molecule has 7 nitrogen and oxygen atoms in total. The van der Waals surface area contributed by atoms with Gasteiger partial charge in [0, 0.05) is 25.2 Å². The van der Waals surface area contributed by atoms with Crippen LogP contribution in [0.15, 0.2) is 0 Å². The second kappa shape index (κ2) is 6.06. The van der Waals surface area contributed by atoms with Crippen LogP contribution in [0.4, 0.5) is 4.79 Å². The van der Waals surface area contributed by atoms with Gasteiger partial charge < -0.3 is 10.2 Å². The Kier molecular flexibility index (Phi) is 5.17. The lowest BCUT2D eigenvalue weighted by Crippen LogP contribution is -2.52. The molecule has 0 radical (unpaired) electrons. The minimum absolute atomic E-state index is 0.104. The highest BCUT2D eigenvalue weighted by Gasteiger charge is 2.26. The first-order chi connectivity index (χ1) is 8.57. The number of likely N-dealkylation sites (tertiary alicyclic amines) is 1. The van der Waals surface area contributed by atoms with E-state index in [1.165, 1.54) is 0 Å². The number of amides is 2. The number of carbonyl (C=O) groups excluding carboxylic acids is 1. The monoisotopic (exact) mass is 292 g/mol. The van der Waals surface area contributed by atoms with Crippen LogP contribution >= 0.6 is 0 Å². The van der Waals surface area contributed by atoms with Crippen LogP contribution in [-0.2, 0) is 10.2 Å². The SMILES string of the molecule is CC(C)(C)NC(=O)N1CCCC(CNS(N)(=O)=O)C1. The lowest BCUT2D eigenvalue weighted by molar-refractivity contribution is 0.159. The Labute approximate surface area is 115 Å². The Morgan fingerprint density at radius 1 is 1.42 bits per heavy atom. The zero-order valence-corrected chi connectivity index (χ0v) is 12.6. The second-order valence-corrected chi connectivity index (χ2v) is 7.41. The molecule has 2 amide bonds. The molecule has 1 unspecified atom stereocenters. The van der Waals surface area contributed by atoms with E-state index in [0.29, 0.717) is 13.1 Å². The smallest absolute Gasteiger partial charge is 0.317 e. The minimum Gasteiger partial charge on any atom is -0.333 e. The standard InChI is InChI=1S/C11H24N4O3S/c1-11(2,3)14-10(16)15-6-4-5-9(8-15)7-13-19(12,17)18/h9,13H,4-8H2,1-3H3,(H,14,16)(H2,12,17,18). The fraction of sp³-hybridized carbons (Fsp3) is 0.909. The molecular formula is C11H24N4O3S. The molecule has 1 rings (SSSR count). The third kappa shape index (κ3) is 6.74. The van der Waals surface area contributed by atoms with Gasteiger partial charge in [0.25, 0.3) is 10.2 Å². The van der Waals surface area contributed by atoms with E-state index in [9.17, 15) is 13.2 Å². The number of piperidine rings is 1. The molecular weight excluding hydrogens is 268 g/mol. The maximum Gasteiger partial charge on any atom is 0.317 e.